The zero-order valence-electron chi connectivity index (χ0n) is 14.3. The summed E-state index contributed by atoms with van der Waals surface area (Å²) in [6, 6.07) is 13.2. The van der Waals surface area contributed by atoms with Crippen LogP contribution in [-0.2, 0) is 9.59 Å². The second-order valence-electron chi connectivity index (χ2n) is 6.47. The molecule has 0 radical (unpaired) electrons. The van der Waals surface area contributed by atoms with Crippen molar-refractivity contribution in [1.29, 1.82) is 0 Å². The van der Waals surface area contributed by atoms with Gasteiger partial charge >= 0.3 is 0 Å². The maximum Gasteiger partial charge on any atom is 0.229 e. The lowest BCUT2D eigenvalue weighted by Gasteiger charge is -2.38. The summed E-state index contributed by atoms with van der Waals surface area (Å²) in [5, 5.41) is 2.89. The van der Waals surface area contributed by atoms with Gasteiger partial charge in [-0.1, -0.05) is 35.9 Å². The molecule has 2 unspecified atom stereocenters. The van der Waals surface area contributed by atoms with Crippen molar-refractivity contribution < 1.29 is 14.0 Å². The summed E-state index contributed by atoms with van der Waals surface area (Å²) in [4.78, 5) is 26.4. The molecule has 1 fully saturated rings. The molecule has 5 heteroatoms. The first-order chi connectivity index (χ1) is 12.0. The zero-order valence-corrected chi connectivity index (χ0v) is 14.3. The zero-order chi connectivity index (χ0) is 18.0. The van der Waals surface area contributed by atoms with Crippen LogP contribution in [0.4, 0.5) is 10.1 Å². The van der Waals surface area contributed by atoms with Crippen LogP contribution in [-0.4, -0.2) is 23.8 Å². The number of halogens is 1. The molecule has 4 nitrogen and oxygen atoms in total. The van der Waals surface area contributed by atoms with Crippen LogP contribution in [0.15, 0.2) is 48.5 Å². The minimum Gasteiger partial charge on any atom is -0.338 e. The average molecular weight is 340 g/mol. The number of aryl methyl sites for hydroxylation is 1. The second kappa shape index (κ2) is 7.05. The molecule has 1 heterocycles. The quantitative estimate of drug-likeness (QED) is 0.926. The molecular weight excluding hydrogens is 319 g/mol. The van der Waals surface area contributed by atoms with E-state index < -0.39 is 17.8 Å². The molecule has 0 bridgehead atoms. The molecule has 25 heavy (non-hydrogen) atoms. The highest BCUT2D eigenvalue weighted by atomic mass is 19.1. The fraction of sp³-hybridized carbons (Fsp3) is 0.300. The number of carbonyl (C=O) groups is 2. The molecule has 2 atom stereocenters. The number of hydrogen-bond donors (Lipinski definition) is 1. The highest BCUT2D eigenvalue weighted by Crippen LogP contribution is 2.37. The van der Waals surface area contributed by atoms with Crippen molar-refractivity contribution in [2.75, 3.05) is 12.4 Å². The molecular formula is C20H21FN2O2. The number of nitrogens with one attached hydrogen (secondary N) is 1. The fourth-order valence-corrected chi connectivity index (χ4v) is 3.32. The number of amides is 2. The number of nitrogens with zero attached hydrogens (tertiary/aromatic N) is 1. The van der Waals surface area contributed by atoms with Gasteiger partial charge in [-0.25, -0.2) is 4.39 Å². The highest BCUT2D eigenvalue weighted by molar-refractivity contribution is 5.94. The Morgan fingerprint density at radius 2 is 1.84 bits per heavy atom. The van der Waals surface area contributed by atoms with Gasteiger partial charge in [0.05, 0.1) is 12.0 Å². The summed E-state index contributed by atoms with van der Waals surface area (Å²) >= 11 is 0. The molecule has 0 aromatic heterocycles. The molecule has 2 aromatic carbocycles. The highest BCUT2D eigenvalue weighted by Gasteiger charge is 2.40. The third-order valence-electron chi connectivity index (χ3n) is 4.74. The molecule has 2 amide bonds. The Kier molecular flexibility index (Phi) is 4.83. The van der Waals surface area contributed by atoms with Gasteiger partial charge in [-0.05, 0) is 31.5 Å². The SMILES string of the molecule is Cc1ccc(NC(=O)C2CCC(=O)N(C)C2c2ccccc2F)cc1. The number of carbonyl (C=O) groups excluding carboxylic acids is 2. The predicted octanol–water partition coefficient (Wildman–Crippen LogP) is 3.68. The number of hydrogen-bond acceptors (Lipinski definition) is 2. The van der Waals surface area contributed by atoms with Gasteiger partial charge in [-0.15, -0.1) is 0 Å². The molecule has 0 spiro atoms. The number of rotatable bonds is 3. The van der Waals surface area contributed by atoms with E-state index in [1.807, 2.05) is 31.2 Å². The van der Waals surface area contributed by atoms with Crippen molar-refractivity contribution in [2.24, 2.45) is 5.92 Å². The second-order valence-corrected chi connectivity index (χ2v) is 6.47. The van der Waals surface area contributed by atoms with Crippen LogP contribution in [0.3, 0.4) is 0 Å². The van der Waals surface area contributed by atoms with E-state index in [4.69, 9.17) is 0 Å². The molecule has 2 aromatic rings. The topological polar surface area (TPSA) is 49.4 Å². The number of anilines is 1. The van der Waals surface area contributed by atoms with E-state index in [-0.39, 0.29) is 18.2 Å². The Labute approximate surface area is 146 Å². The van der Waals surface area contributed by atoms with Gasteiger partial charge in [0.25, 0.3) is 0 Å². The maximum atomic E-state index is 14.3. The molecule has 1 aliphatic rings. The normalized spacial score (nSPS) is 20.4. The van der Waals surface area contributed by atoms with E-state index in [0.717, 1.165) is 5.56 Å². The molecule has 0 saturated carbocycles. The number of likely N-dealkylation sites (tertiary alicyclic amines) is 1. The molecule has 1 aliphatic heterocycles. The number of piperidine rings is 1. The lowest BCUT2D eigenvalue weighted by molar-refractivity contribution is -0.140. The van der Waals surface area contributed by atoms with Gasteiger partial charge in [0.1, 0.15) is 5.82 Å². The maximum absolute atomic E-state index is 14.3. The van der Waals surface area contributed by atoms with Crippen LogP contribution in [0.1, 0.15) is 30.0 Å². The molecule has 130 valence electrons. The summed E-state index contributed by atoms with van der Waals surface area (Å²) in [6.45, 7) is 1.97. The van der Waals surface area contributed by atoms with E-state index in [1.165, 1.54) is 11.0 Å². The molecule has 1 N–H and O–H groups in total. The summed E-state index contributed by atoms with van der Waals surface area (Å²) < 4.78 is 14.3. The van der Waals surface area contributed by atoms with Crippen molar-refractivity contribution in [2.45, 2.75) is 25.8 Å². The van der Waals surface area contributed by atoms with Gasteiger partial charge in [0.15, 0.2) is 0 Å². The van der Waals surface area contributed by atoms with Crippen LogP contribution in [0.5, 0.6) is 0 Å². The van der Waals surface area contributed by atoms with Crippen LogP contribution >= 0.6 is 0 Å². The lowest BCUT2D eigenvalue weighted by Crippen LogP contribution is -2.44. The molecule has 3 rings (SSSR count). The number of benzene rings is 2. The van der Waals surface area contributed by atoms with Crippen LogP contribution in [0.25, 0.3) is 0 Å². The van der Waals surface area contributed by atoms with Gasteiger partial charge in [0, 0.05) is 24.7 Å². The Hall–Kier alpha value is -2.69. The minimum atomic E-state index is -0.604. The largest absolute Gasteiger partial charge is 0.338 e. The molecule has 0 aliphatic carbocycles. The fourth-order valence-electron chi connectivity index (χ4n) is 3.32. The molecule has 1 saturated heterocycles. The standard InChI is InChI=1S/C20H21FN2O2/c1-13-7-9-14(10-8-13)22-20(25)16-11-12-18(24)23(2)19(16)15-5-3-4-6-17(15)21/h3-10,16,19H,11-12H2,1-2H3,(H,22,25). The third-order valence-corrected chi connectivity index (χ3v) is 4.74. The van der Waals surface area contributed by atoms with E-state index >= 15 is 0 Å². The van der Waals surface area contributed by atoms with Crippen LogP contribution in [0.2, 0.25) is 0 Å². The monoisotopic (exact) mass is 340 g/mol. The predicted molar refractivity (Wildman–Crippen MR) is 94.4 cm³/mol. The van der Waals surface area contributed by atoms with E-state index in [1.54, 1.807) is 25.2 Å². The van der Waals surface area contributed by atoms with Crippen molar-refractivity contribution in [3.05, 3.63) is 65.5 Å². The van der Waals surface area contributed by atoms with Crippen molar-refractivity contribution in [1.82, 2.24) is 4.90 Å². The first kappa shape index (κ1) is 17.1. The average Bonchev–Trinajstić information content (AvgIpc) is 2.60. The van der Waals surface area contributed by atoms with Gasteiger partial charge in [-0.2, -0.15) is 0 Å². The minimum absolute atomic E-state index is 0.0763. The Morgan fingerprint density at radius 1 is 1.16 bits per heavy atom. The Morgan fingerprint density at radius 3 is 2.52 bits per heavy atom. The van der Waals surface area contributed by atoms with Gasteiger partial charge in [-0.3, -0.25) is 9.59 Å². The Bertz CT molecular complexity index is 789. The van der Waals surface area contributed by atoms with E-state index in [9.17, 15) is 14.0 Å². The van der Waals surface area contributed by atoms with Crippen LogP contribution in [0, 0.1) is 18.7 Å². The van der Waals surface area contributed by atoms with Crippen LogP contribution < -0.4 is 5.32 Å². The van der Waals surface area contributed by atoms with Crippen molar-refractivity contribution in [3.8, 4) is 0 Å². The summed E-state index contributed by atoms with van der Waals surface area (Å²) in [7, 11) is 1.63. The lowest BCUT2D eigenvalue weighted by atomic mass is 9.83. The van der Waals surface area contributed by atoms with E-state index in [0.29, 0.717) is 17.7 Å². The first-order valence-electron chi connectivity index (χ1n) is 8.35. The van der Waals surface area contributed by atoms with Gasteiger partial charge < -0.3 is 10.2 Å². The first-order valence-corrected chi connectivity index (χ1v) is 8.35. The smallest absolute Gasteiger partial charge is 0.229 e. The van der Waals surface area contributed by atoms with Gasteiger partial charge in [0.2, 0.25) is 11.8 Å². The van der Waals surface area contributed by atoms with E-state index in [2.05, 4.69) is 5.32 Å². The third kappa shape index (κ3) is 3.55. The summed E-state index contributed by atoms with van der Waals surface area (Å²) in [6.07, 6.45) is 0.688. The summed E-state index contributed by atoms with van der Waals surface area (Å²) in [5.41, 5.74) is 2.18. The summed E-state index contributed by atoms with van der Waals surface area (Å²) in [5.74, 6) is -1.17. The van der Waals surface area contributed by atoms with Crippen molar-refractivity contribution >= 4 is 17.5 Å². The Balaban J connectivity index is 1.89. The van der Waals surface area contributed by atoms with Crippen molar-refractivity contribution in [3.63, 3.8) is 0 Å².